The Bertz CT molecular complexity index is 751. The van der Waals surface area contributed by atoms with Crippen molar-refractivity contribution < 1.29 is 4.79 Å². The van der Waals surface area contributed by atoms with E-state index in [1.54, 1.807) is 35.3 Å². The number of nitrogens with zero attached hydrogens (tertiary/aromatic N) is 2. The molecule has 19 heavy (non-hydrogen) atoms. The molecular formula is C14H10ClN3O. The SMILES string of the molecule is O=C(Nn1cnc2ccccc21)c1cccc(Cl)c1. The number of benzene rings is 2. The molecule has 1 N–H and O–H groups in total. The molecule has 0 bridgehead atoms. The van der Waals surface area contributed by atoms with Crippen molar-refractivity contribution in [2.45, 2.75) is 0 Å². The normalized spacial score (nSPS) is 10.6. The van der Waals surface area contributed by atoms with E-state index < -0.39 is 0 Å². The Kier molecular flexibility index (Phi) is 2.93. The first-order valence-electron chi connectivity index (χ1n) is 5.73. The molecule has 3 rings (SSSR count). The van der Waals surface area contributed by atoms with Gasteiger partial charge in [-0.05, 0) is 30.3 Å². The van der Waals surface area contributed by atoms with Gasteiger partial charge in [0.1, 0.15) is 6.33 Å². The predicted molar refractivity (Wildman–Crippen MR) is 74.9 cm³/mol. The van der Waals surface area contributed by atoms with E-state index in [2.05, 4.69) is 10.4 Å². The van der Waals surface area contributed by atoms with E-state index in [0.717, 1.165) is 11.0 Å². The molecule has 0 spiro atoms. The van der Waals surface area contributed by atoms with Crippen LogP contribution in [0.5, 0.6) is 0 Å². The summed E-state index contributed by atoms with van der Waals surface area (Å²) in [4.78, 5) is 16.3. The van der Waals surface area contributed by atoms with Crippen LogP contribution in [0.2, 0.25) is 5.02 Å². The zero-order valence-corrected chi connectivity index (χ0v) is 10.6. The highest BCUT2D eigenvalue weighted by molar-refractivity contribution is 6.31. The summed E-state index contributed by atoms with van der Waals surface area (Å²) < 4.78 is 1.60. The van der Waals surface area contributed by atoms with Crippen molar-refractivity contribution in [2.75, 3.05) is 5.43 Å². The van der Waals surface area contributed by atoms with Gasteiger partial charge < -0.3 is 0 Å². The Morgan fingerprint density at radius 1 is 1.16 bits per heavy atom. The van der Waals surface area contributed by atoms with Gasteiger partial charge in [-0.1, -0.05) is 29.8 Å². The monoisotopic (exact) mass is 271 g/mol. The van der Waals surface area contributed by atoms with Gasteiger partial charge in [0.25, 0.3) is 5.91 Å². The van der Waals surface area contributed by atoms with Crippen LogP contribution in [0.15, 0.2) is 54.9 Å². The molecule has 0 aliphatic heterocycles. The quantitative estimate of drug-likeness (QED) is 0.779. The Labute approximate surface area is 114 Å². The first-order chi connectivity index (χ1) is 9.24. The van der Waals surface area contributed by atoms with E-state index in [4.69, 9.17) is 11.6 Å². The van der Waals surface area contributed by atoms with Gasteiger partial charge in [0.05, 0.1) is 11.0 Å². The second-order valence-corrected chi connectivity index (χ2v) is 4.49. The Morgan fingerprint density at radius 3 is 2.84 bits per heavy atom. The van der Waals surface area contributed by atoms with Crippen molar-refractivity contribution in [3.05, 3.63) is 65.4 Å². The van der Waals surface area contributed by atoms with Crippen molar-refractivity contribution in [3.63, 3.8) is 0 Å². The van der Waals surface area contributed by atoms with Crippen LogP contribution in [0.25, 0.3) is 11.0 Å². The van der Waals surface area contributed by atoms with E-state index in [1.807, 2.05) is 24.3 Å². The molecule has 0 saturated heterocycles. The maximum atomic E-state index is 12.1. The van der Waals surface area contributed by atoms with E-state index in [1.165, 1.54) is 0 Å². The van der Waals surface area contributed by atoms with Gasteiger partial charge in [-0.3, -0.25) is 10.2 Å². The molecule has 0 saturated carbocycles. The zero-order valence-electron chi connectivity index (χ0n) is 9.88. The van der Waals surface area contributed by atoms with Crippen LogP contribution in [0.4, 0.5) is 0 Å². The largest absolute Gasteiger partial charge is 0.270 e. The number of hydrogen-bond acceptors (Lipinski definition) is 2. The fourth-order valence-electron chi connectivity index (χ4n) is 1.85. The van der Waals surface area contributed by atoms with Crippen molar-refractivity contribution in [1.82, 2.24) is 9.66 Å². The minimum Gasteiger partial charge on any atom is -0.267 e. The van der Waals surface area contributed by atoms with Crippen LogP contribution in [0.3, 0.4) is 0 Å². The summed E-state index contributed by atoms with van der Waals surface area (Å²) in [5.74, 6) is -0.231. The lowest BCUT2D eigenvalue weighted by Crippen LogP contribution is -2.21. The number of hydrogen-bond donors (Lipinski definition) is 1. The molecule has 3 aromatic rings. The van der Waals surface area contributed by atoms with E-state index in [9.17, 15) is 4.79 Å². The third-order valence-corrected chi connectivity index (χ3v) is 3.00. The standard InChI is InChI=1S/C14H10ClN3O/c15-11-5-3-4-10(8-11)14(19)17-18-9-16-12-6-1-2-7-13(12)18/h1-9H,(H,17,19). The number of aromatic nitrogens is 2. The summed E-state index contributed by atoms with van der Waals surface area (Å²) in [5, 5.41) is 0.531. The molecule has 0 fully saturated rings. The molecule has 0 radical (unpaired) electrons. The number of nitrogens with one attached hydrogen (secondary N) is 1. The smallest absolute Gasteiger partial charge is 0.267 e. The van der Waals surface area contributed by atoms with Crippen molar-refractivity contribution >= 4 is 28.5 Å². The molecule has 0 unspecified atom stereocenters. The van der Waals surface area contributed by atoms with Crippen LogP contribution in [-0.4, -0.2) is 15.6 Å². The van der Waals surface area contributed by atoms with Crippen molar-refractivity contribution in [2.24, 2.45) is 0 Å². The lowest BCUT2D eigenvalue weighted by molar-refractivity contribution is 0.101. The van der Waals surface area contributed by atoms with E-state index >= 15 is 0 Å². The summed E-state index contributed by atoms with van der Waals surface area (Å²) >= 11 is 5.87. The minimum absolute atomic E-state index is 0.231. The Hall–Kier alpha value is -2.33. The lowest BCUT2D eigenvalue weighted by atomic mass is 10.2. The highest BCUT2D eigenvalue weighted by Gasteiger charge is 2.08. The molecule has 0 atom stereocenters. The van der Waals surface area contributed by atoms with E-state index in [-0.39, 0.29) is 5.91 Å². The molecule has 1 aromatic heterocycles. The third-order valence-electron chi connectivity index (χ3n) is 2.76. The van der Waals surface area contributed by atoms with Gasteiger partial charge in [-0.2, -0.15) is 0 Å². The Morgan fingerprint density at radius 2 is 2.00 bits per heavy atom. The number of imidazole rings is 1. The average molecular weight is 272 g/mol. The molecule has 2 aromatic carbocycles. The third kappa shape index (κ3) is 2.30. The fourth-order valence-corrected chi connectivity index (χ4v) is 2.04. The highest BCUT2D eigenvalue weighted by Crippen LogP contribution is 2.13. The number of rotatable bonds is 2. The van der Waals surface area contributed by atoms with Crippen LogP contribution in [0.1, 0.15) is 10.4 Å². The number of fused-ring (bicyclic) bond motifs is 1. The maximum absolute atomic E-state index is 12.1. The summed E-state index contributed by atoms with van der Waals surface area (Å²) in [6.45, 7) is 0. The lowest BCUT2D eigenvalue weighted by Gasteiger charge is -2.07. The van der Waals surface area contributed by atoms with Gasteiger partial charge in [0.15, 0.2) is 0 Å². The van der Waals surface area contributed by atoms with Crippen LogP contribution in [0, 0.1) is 0 Å². The highest BCUT2D eigenvalue weighted by atomic mass is 35.5. The molecular weight excluding hydrogens is 262 g/mol. The summed E-state index contributed by atoms with van der Waals surface area (Å²) in [5.41, 5.74) is 4.94. The second kappa shape index (κ2) is 4.74. The minimum atomic E-state index is -0.231. The molecule has 5 heteroatoms. The number of para-hydroxylation sites is 2. The molecule has 0 aliphatic carbocycles. The molecule has 4 nitrogen and oxygen atoms in total. The average Bonchev–Trinajstić information content (AvgIpc) is 2.82. The first kappa shape index (κ1) is 11.7. The number of carbonyl (C=O) groups excluding carboxylic acids is 1. The molecule has 94 valence electrons. The summed E-state index contributed by atoms with van der Waals surface area (Å²) in [6, 6.07) is 14.4. The van der Waals surface area contributed by atoms with Crippen LogP contribution >= 0.6 is 11.6 Å². The topological polar surface area (TPSA) is 46.9 Å². The van der Waals surface area contributed by atoms with Gasteiger partial charge in [0.2, 0.25) is 0 Å². The van der Waals surface area contributed by atoms with Gasteiger partial charge >= 0.3 is 0 Å². The Balaban J connectivity index is 1.91. The van der Waals surface area contributed by atoms with Gasteiger partial charge in [-0.15, -0.1) is 0 Å². The van der Waals surface area contributed by atoms with Crippen molar-refractivity contribution in [1.29, 1.82) is 0 Å². The van der Waals surface area contributed by atoms with Gasteiger partial charge in [0, 0.05) is 10.6 Å². The molecule has 1 amide bonds. The van der Waals surface area contributed by atoms with Crippen LogP contribution in [-0.2, 0) is 0 Å². The predicted octanol–water partition coefficient (Wildman–Crippen LogP) is 3.07. The van der Waals surface area contributed by atoms with Crippen molar-refractivity contribution in [3.8, 4) is 0 Å². The summed E-state index contributed by atoms with van der Waals surface area (Å²) in [6.07, 6.45) is 1.58. The molecule has 1 heterocycles. The fraction of sp³-hybridized carbons (Fsp3) is 0. The number of amides is 1. The second-order valence-electron chi connectivity index (χ2n) is 4.05. The zero-order chi connectivity index (χ0) is 13.2. The first-order valence-corrected chi connectivity index (χ1v) is 6.11. The van der Waals surface area contributed by atoms with Crippen LogP contribution < -0.4 is 5.43 Å². The summed E-state index contributed by atoms with van der Waals surface area (Å²) in [7, 11) is 0. The number of carbonyl (C=O) groups is 1. The molecule has 0 aliphatic rings. The van der Waals surface area contributed by atoms with Gasteiger partial charge in [-0.25, -0.2) is 9.66 Å². The number of halogens is 1. The maximum Gasteiger partial charge on any atom is 0.270 e. The van der Waals surface area contributed by atoms with E-state index in [0.29, 0.717) is 10.6 Å².